The molecule has 0 saturated carbocycles. The maximum absolute atomic E-state index is 13.2. The molecule has 9 heteroatoms. The van der Waals surface area contributed by atoms with Crippen molar-refractivity contribution in [3.63, 3.8) is 0 Å². The lowest BCUT2D eigenvalue weighted by Gasteiger charge is -2.10. The Labute approximate surface area is 171 Å². The molecule has 0 spiro atoms. The molecule has 2 N–H and O–H groups in total. The van der Waals surface area contributed by atoms with E-state index in [1.807, 2.05) is 0 Å². The summed E-state index contributed by atoms with van der Waals surface area (Å²) in [4.78, 5) is 12.3. The van der Waals surface area contributed by atoms with E-state index in [-0.39, 0.29) is 21.2 Å². The molecule has 0 aliphatic rings. The minimum atomic E-state index is -3.91. The topological polar surface area (TPSA) is 75.3 Å². The standard InChI is InChI=1S/C19H13Cl2FN2O3S/c20-12-4-9-18(21)17(10-12)19(25)23-14-5-7-16(8-6-14)28(26,27)24-15-3-1-2-13(22)11-15/h1-11,24H,(H,23,25). The second-order valence-electron chi connectivity index (χ2n) is 5.72. The van der Waals surface area contributed by atoms with E-state index < -0.39 is 21.7 Å². The number of halogens is 3. The van der Waals surface area contributed by atoms with E-state index in [0.29, 0.717) is 10.7 Å². The van der Waals surface area contributed by atoms with Crippen molar-refractivity contribution in [3.8, 4) is 0 Å². The van der Waals surface area contributed by atoms with E-state index in [1.54, 1.807) is 6.07 Å². The highest BCUT2D eigenvalue weighted by Gasteiger charge is 2.16. The number of sulfonamides is 1. The number of hydrogen-bond donors (Lipinski definition) is 2. The molecule has 0 aromatic heterocycles. The number of benzene rings is 3. The molecule has 0 radical (unpaired) electrons. The average molecular weight is 439 g/mol. The van der Waals surface area contributed by atoms with E-state index in [0.717, 1.165) is 6.07 Å². The van der Waals surface area contributed by atoms with E-state index in [2.05, 4.69) is 10.0 Å². The van der Waals surface area contributed by atoms with E-state index in [9.17, 15) is 17.6 Å². The van der Waals surface area contributed by atoms with Crippen LogP contribution < -0.4 is 10.0 Å². The van der Waals surface area contributed by atoms with Crippen molar-refractivity contribution in [1.29, 1.82) is 0 Å². The van der Waals surface area contributed by atoms with E-state index in [1.165, 1.54) is 54.6 Å². The molecular weight excluding hydrogens is 426 g/mol. The van der Waals surface area contributed by atoms with Crippen LogP contribution in [0.5, 0.6) is 0 Å². The third kappa shape index (κ3) is 4.81. The number of rotatable bonds is 5. The van der Waals surface area contributed by atoms with Gasteiger partial charge in [0.05, 0.1) is 21.2 Å². The van der Waals surface area contributed by atoms with E-state index in [4.69, 9.17) is 23.2 Å². The second kappa shape index (κ2) is 8.18. The van der Waals surface area contributed by atoms with Crippen molar-refractivity contribution in [2.24, 2.45) is 0 Å². The van der Waals surface area contributed by atoms with Gasteiger partial charge in [-0.25, -0.2) is 12.8 Å². The Bertz CT molecular complexity index is 1140. The lowest BCUT2D eigenvalue weighted by atomic mass is 10.2. The van der Waals surface area contributed by atoms with Gasteiger partial charge in [-0.2, -0.15) is 0 Å². The lowest BCUT2D eigenvalue weighted by molar-refractivity contribution is 0.102. The van der Waals surface area contributed by atoms with Crippen LogP contribution in [0.4, 0.5) is 15.8 Å². The number of hydrogen-bond acceptors (Lipinski definition) is 3. The summed E-state index contributed by atoms with van der Waals surface area (Å²) in [6.45, 7) is 0. The van der Waals surface area contributed by atoms with Gasteiger partial charge < -0.3 is 5.32 Å². The second-order valence-corrected chi connectivity index (χ2v) is 8.24. The predicted octanol–water partition coefficient (Wildman–Crippen LogP) is 5.19. The monoisotopic (exact) mass is 438 g/mol. The van der Waals surface area contributed by atoms with Crippen molar-refractivity contribution in [2.75, 3.05) is 10.0 Å². The fourth-order valence-corrected chi connectivity index (χ4v) is 3.78. The van der Waals surface area contributed by atoms with Crippen LogP contribution in [0, 0.1) is 5.82 Å². The Balaban J connectivity index is 1.75. The summed E-state index contributed by atoms with van der Waals surface area (Å²) >= 11 is 11.9. The van der Waals surface area contributed by atoms with Gasteiger partial charge in [0.2, 0.25) is 0 Å². The highest BCUT2D eigenvalue weighted by Crippen LogP contribution is 2.23. The summed E-state index contributed by atoms with van der Waals surface area (Å²) in [7, 11) is -3.91. The molecule has 0 atom stereocenters. The van der Waals surface area contributed by atoms with Crippen LogP contribution >= 0.6 is 23.2 Å². The van der Waals surface area contributed by atoms with Crippen molar-refractivity contribution >= 4 is 50.5 Å². The Morgan fingerprint density at radius 1 is 0.893 bits per heavy atom. The van der Waals surface area contributed by atoms with Gasteiger partial charge in [-0.1, -0.05) is 29.3 Å². The first-order valence-corrected chi connectivity index (χ1v) is 10.1. The summed E-state index contributed by atoms with van der Waals surface area (Å²) in [5.74, 6) is -1.04. The molecule has 0 heterocycles. The van der Waals surface area contributed by atoms with Gasteiger partial charge in [0.1, 0.15) is 5.82 Å². The molecule has 5 nitrogen and oxygen atoms in total. The number of nitrogens with one attached hydrogen (secondary N) is 2. The zero-order valence-corrected chi connectivity index (χ0v) is 16.4. The summed E-state index contributed by atoms with van der Waals surface area (Å²) in [6.07, 6.45) is 0. The van der Waals surface area contributed by atoms with Gasteiger partial charge >= 0.3 is 0 Å². The number of amides is 1. The summed E-state index contributed by atoms with van der Waals surface area (Å²) in [6, 6.07) is 15.1. The fourth-order valence-electron chi connectivity index (χ4n) is 2.35. The minimum absolute atomic E-state index is 0.0458. The van der Waals surface area contributed by atoms with Crippen LogP contribution in [0.3, 0.4) is 0 Å². The van der Waals surface area contributed by atoms with Crippen molar-refractivity contribution in [3.05, 3.63) is 88.2 Å². The molecular formula is C19H13Cl2FN2O3S. The third-order valence-corrected chi connectivity index (χ3v) is 5.63. The molecule has 0 saturated heterocycles. The Morgan fingerprint density at radius 2 is 1.61 bits per heavy atom. The van der Waals surface area contributed by atoms with Crippen LogP contribution in [0.15, 0.2) is 71.6 Å². The summed E-state index contributed by atoms with van der Waals surface area (Å²) in [5, 5.41) is 3.21. The average Bonchev–Trinajstić information content (AvgIpc) is 2.64. The number of anilines is 2. The van der Waals surface area contributed by atoms with Crippen molar-refractivity contribution in [1.82, 2.24) is 0 Å². The maximum Gasteiger partial charge on any atom is 0.261 e. The smallest absolute Gasteiger partial charge is 0.261 e. The predicted molar refractivity (Wildman–Crippen MR) is 108 cm³/mol. The van der Waals surface area contributed by atoms with Crippen LogP contribution in [-0.4, -0.2) is 14.3 Å². The summed E-state index contributed by atoms with van der Waals surface area (Å²) in [5.41, 5.74) is 0.664. The first-order valence-electron chi connectivity index (χ1n) is 7.89. The Kier molecular flexibility index (Phi) is 5.88. The SMILES string of the molecule is O=C(Nc1ccc(S(=O)(=O)Nc2cccc(F)c2)cc1)c1cc(Cl)ccc1Cl. The quantitative estimate of drug-likeness (QED) is 0.575. The Hall–Kier alpha value is -2.61. The lowest BCUT2D eigenvalue weighted by Crippen LogP contribution is -2.14. The van der Waals surface area contributed by atoms with Crippen LogP contribution in [0.25, 0.3) is 0 Å². The van der Waals surface area contributed by atoms with Gasteiger partial charge in [-0.05, 0) is 60.7 Å². The summed E-state index contributed by atoms with van der Waals surface area (Å²) < 4.78 is 40.3. The number of carbonyl (C=O) groups is 1. The molecule has 0 fully saturated rings. The molecule has 0 bridgehead atoms. The van der Waals surface area contributed by atoms with Gasteiger partial charge in [0, 0.05) is 10.7 Å². The van der Waals surface area contributed by atoms with Crippen LogP contribution in [-0.2, 0) is 10.0 Å². The van der Waals surface area contributed by atoms with E-state index >= 15 is 0 Å². The first kappa shape index (κ1) is 20.1. The van der Waals surface area contributed by atoms with Crippen LogP contribution in [0.1, 0.15) is 10.4 Å². The zero-order valence-electron chi connectivity index (χ0n) is 14.1. The molecule has 3 rings (SSSR count). The van der Waals surface area contributed by atoms with Gasteiger partial charge in [0.25, 0.3) is 15.9 Å². The molecule has 0 aliphatic heterocycles. The van der Waals surface area contributed by atoms with Crippen molar-refractivity contribution in [2.45, 2.75) is 4.90 Å². The van der Waals surface area contributed by atoms with Crippen LogP contribution in [0.2, 0.25) is 10.0 Å². The van der Waals surface area contributed by atoms with Gasteiger partial charge in [0.15, 0.2) is 0 Å². The molecule has 3 aromatic carbocycles. The zero-order chi connectivity index (χ0) is 20.3. The highest BCUT2D eigenvalue weighted by atomic mass is 35.5. The fraction of sp³-hybridized carbons (Fsp3) is 0. The molecule has 144 valence electrons. The number of carbonyl (C=O) groups excluding carboxylic acids is 1. The minimum Gasteiger partial charge on any atom is -0.322 e. The highest BCUT2D eigenvalue weighted by molar-refractivity contribution is 7.92. The Morgan fingerprint density at radius 3 is 2.29 bits per heavy atom. The third-order valence-electron chi connectivity index (χ3n) is 3.67. The van der Waals surface area contributed by atoms with Crippen molar-refractivity contribution < 1.29 is 17.6 Å². The largest absolute Gasteiger partial charge is 0.322 e. The maximum atomic E-state index is 13.2. The molecule has 0 aliphatic carbocycles. The molecule has 1 amide bonds. The van der Waals surface area contributed by atoms with Gasteiger partial charge in [-0.3, -0.25) is 9.52 Å². The normalized spacial score (nSPS) is 11.1. The first-order chi connectivity index (χ1) is 13.2. The molecule has 28 heavy (non-hydrogen) atoms. The van der Waals surface area contributed by atoms with Gasteiger partial charge in [-0.15, -0.1) is 0 Å². The molecule has 3 aromatic rings. The molecule has 0 unspecified atom stereocenters.